The summed E-state index contributed by atoms with van der Waals surface area (Å²) >= 11 is 0. The van der Waals surface area contributed by atoms with E-state index in [1.54, 1.807) is 0 Å². The van der Waals surface area contributed by atoms with Gasteiger partial charge in [-0.05, 0) is 38.1 Å². The van der Waals surface area contributed by atoms with E-state index >= 15 is 0 Å². The fourth-order valence-corrected chi connectivity index (χ4v) is 2.70. The van der Waals surface area contributed by atoms with Crippen molar-refractivity contribution in [2.75, 3.05) is 26.3 Å². The summed E-state index contributed by atoms with van der Waals surface area (Å²) in [5.74, 6) is 0.152. The summed E-state index contributed by atoms with van der Waals surface area (Å²) in [7, 11) is 0. The highest BCUT2D eigenvalue weighted by atomic mass is 16.5. The predicted molar refractivity (Wildman–Crippen MR) is 73.3 cm³/mol. The Balaban J connectivity index is 2.20. The molecule has 0 aromatic heterocycles. The number of nitrogens with one attached hydrogen (secondary N) is 1. The Labute approximate surface area is 111 Å². The molecule has 1 amide bonds. The van der Waals surface area contributed by atoms with E-state index in [0.29, 0.717) is 19.5 Å². The molecule has 4 nitrogen and oxygen atoms in total. The smallest absolute Gasteiger partial charge is 0.220 e. The van der Waals surface area contributed by atoms with Gasteiger partial charge in [-0.1, -0.05) is 19.3 Å². The fourth-order valence-electron chi connectivity index (χ4n) is 2.70. The molecule has 0 heterocycles. The molecule has 4 heteroatoms. The third-order valence-electron chi connectivity index (χ3n) is 3.87. The van der Waals surface area contributed by atoms with E-state index in [0.717, 1.165) is 32.5 Å². The molecule has 106 valence electrons. The maximum atomic E-state index is 11.9. The van der Waals surface area contributed by atoms with E-state index in [1.807, 2.05) is 6.92 Å². The monoisotopic (exact) mass is 256 g/mol. The standard InChI is InChI=1S/C14H28N2O2/c1-2-18-10-6-9-16-13(17)11-14(12-15)7-4-3-5-8-14/h2-12,15H2,1H3,(H,16,17). The van der Waals surface area contributed by atoms with Gasteiger partial charge in [-0.25, -0.2) is 0 Å². The molecular formula is C14H28N2O2. The Morgan fingerprint density at radius 1 is 1.33 bits per heavy atom. The second-order valence-corrected chi connectivity index (χ2v) is 5.34. The molecule has 1 fully saturated rings. The first kappa shape index (κ1) is 15.4. The van der Waals surface area contributed by atoms with E-state index in [9.17, 15) is 4.79 Å². The molecule has 0 saturated heterocycles. The van der Waals surface area contributed by atoms with Crippen molar-refractivity contribution in [3.63, 3.8) is 0 Å². The fraction of sp³-hybridized carbons (Fsp3) is 0.929. The Kier molecular flexibility index (Phi) is 7.28. The number of ether oxygens (including phenoxy) is 1. The van der Waals surface area contributed by atoms with Gasteiger partial charge in [-0.15, -0.1) is 0 Å². The van der Waals surface area contributed by atoms with Crippen LogP contribution in [0.3, 0.4) is 0 Å². The van der Waals surface area contributed by atoms with E-state index in [1.165, 1.54) is 19.3 Å². The SMILES string of the molecule is CCOCCCNC(=O)CC1(CN)CCCCC1. The summed E-state index contributed by atoms with van der Waals surface area (Å²) in [4.78, 5) is 11.9. The molecule has 1 aliphatic carbocycles. The van der Waals surface area contributed by atoms with Crippen molar-refractivity contribution in [3.8, 4) is 0 Å². The Hall–Kier alpha value is -0.610. The van der Waals surface area contributed by atoms with Gasteiger partial charge in [-0.3, -0.25) is 4.79 Å². The molecule has 0 spiro atoms. The molecule has 18 heavy (non-hydrogen) atoms. The lowest BCUT2D eigenvalue weighted by atomic mass is 9.71. The van der Waals surface area contributed by atoms with E-state index in [2.05, 4.69) is 5.32 Å². The molecule has 3 N–H and O–H groups in total. The lowest BCUT2D eigenvalue weighted by molar-refractivity contribution is -0.123. The predicted octanol–water partition coefficient (Wildman–Crippen LogP) is 1.83. The third-order valence-corrected chi connectivity index (χ3v) is 3.87. The second-order valence-electron chi connectivity index (χ2n) is 5.34. The minimum absolute atomic E-state index is 0.0717. The van der Waals surface area contributed by atoms with Crippen molar-refractivity contribution in [1.82, 2.24) is 5.32 Å². The lowest BCUT2D eigenvalue weighted by Crippen LogP contribution is -2.39. The van der Waals surface area contributed by atoms with Crippen molar-refractivity contribution >= 4 is 5.91 Å². The number of amides is 1. The average molecular weight is 256 g/mol. The molecule has 0 atom stereocenters. The van der Waals surface area contributed by atoms with Crippen LogP contribution in [0.4, 0.5) is 0 Å². The van der Waals surface area contributed by atoms with Crippen LogP contribution in [-0.2, 0) is 9.53 Å². The van der Waals surface area contributed by atoms with Gasteiger partial charge in [0.05, 0.1) is 0 Å². The highest BCUT2D eigenvalue weighted by molar-refractivity contribution is 5.76. The summed E-state index contributed by atoms with van der Waals surface area (Å²) in [5.41, 5.74) is 5.95. The number of carbonyl (C=O) groups is 1. The second kappa shape index (κ2) is 8.48. The highest BCUT2D eigenvalue weighted by Gasteiger charge is 2.32. The van der Waals surface area contributed by atoms with Crippen molar-refractivity contribution in [2.45, 2.75) is 51.9 Å². The summed E-state index contributed by atoms with van der Waals surface area (Å²) < 4.78 is 5.23. The van der Waals surface area contributed by atoms with Crippen molar-refractivity contribution in [2.24, 2.45) is 11.1 Å². The minimum atomic E-state index is 0.0717. The topological polar surface area (TPSA) is 64.3 Å². The number of hydrogen-bond donors (Lipinski definition) is 2. The number of rotatable bonds is 8. The number of carbonyl (C=O) groups excluding carboxylic acids is 1. The zero-order valence-electron chi connectivity index (χ0n) is 11.7. The minimum Gasteiger partial charge on any atom is -0.382 e. The molecule has 1 aliphatic rings. The number of nitrogens with two attached hydrogens (primary N) is 1. The third kappa shape index (κ3) is 5.36. The Morgan fingerprint density at radius 2 is 2.06 bits per heavy atom. The van der Waals surface area contributed by atoms with Gasteiger partial charge in [0, 0.05) is 26.2 Å². The summed E-state index contributed by atoms with van der Waals surface area (Å²) in [6, 6.07) is 0. The Bertz CT molecular complexity index is 238. The zero-order chi connectivity index (χ0) is 13.3. The average Bonchev–Trinajstić information content (AvgIpc) is 2.39. The van der Waals surface area contributed by atoms with Crippen LogP contribution in [-0.4, -0.2) is 32.2 Å². The first-order valence-corrected chi connectivity index (χ1v) is 7.27. The van der Waals surface area contributed by atoms with Crippen molar-refractivity contribution in [3.05, 3.63) is 0 Å². The normalized spacial score (nSPS) is 18.6. The summed E-state index contributed by atoms with van der Waals surface area (Å²) in [6.45, 7) is 4.79. The molecule has 0 radical (unpaired) electrons. The molecule has 0 unspecified atom stereocenters. The van der Waals surface area contributed by atoms with Crippen LogP contribution in [0.1, 0.15) is 51.9 Å². The van der Waals surface area contributed by atoms with Crippen LogP contribution < -0.4 is 11.1 Å². The molecule has 0 aliphatic heterocycles. The molecular weight excluding hydrogens is 228 g/mol. The molecule has 0 aromatic rings. The summed E-state index contributed by atoms with van der Waals surface area (Å²) in [5, 5.41) is 2.97. The Morgan fingerprint density at radius 3 is 2.67 bits per heavy atom. The van der Waals surface area contributed by atoms with Crippen molar-refractivity contribution in [1.29, 1.82) is 0 Å². The zero-order valence-corrected chi connectivity index (χ0v) is 11.7. The van der Waals surface area contributed by atoms with Gasteiger partial charge in [0.2, 0.25) is 5.91 Å². The van der Waals surface area contributed by atoms with E-state index in [-0.39, 0.29) is 11.3 Å². The van der Waals surface area contributed by atoms with Gasteiger partial charge in [0.1, 0.15) is 0 Å². The number of hydrogen-bond acceptors (Lipinski definition) is 3. The van der Waals surface area contributed by atoms with Gasteiger partial charge < -0.3 is 15.8 Å². The first-order valence-electron chi connectivity index (χ1n) is 7.27. The first-order chi connectivity index (χ1) is 8.72. The molecule has 1 saturated carbocycles. The van der Waals surface area contributed by atoms with Crippen LogP contribution in [0.15, 0.2) is 0 Å². The van der Waals surface area contributed by atoms with Gasteiger partial charge in [-0.2, -0.15) is 0 Å². The quantitative estimate of drug-likeness (QED) is 0.651. The lowest BCUT2D eigenvalue weighted by Gasteiger charge is -2.35. The van der Waals surface area contributed by atoms with Gasteiger partial charge in [0.15, 0.2) is 0 Å². The maximum absolute atomic E-state index is 11.9. The van der Waals surface area contributed by atoms with E-state index in [4.69, 9.17) is 10.5 Å². The molecule has 1 rings (SSSR count). The van der Waals surface area contributed by atoms with Crippen molar-refractivity contribution < 1.29 is 9.53 Å². The van der Waals surface area contributed by atoms with Gasteiger partial charge >= 0.3 is 0 Å². The van der Waals surface area contributed by atoms with Crippen LogP contribution in [0.25, 0.3) is 0 Å². The largest absolute Gasteiger partial charge is 0.382 e. The van der Waals surface area contributed by atoms with Gasteiger partial charge in [0.25, 0.3) is 0 Å². The summed E-state index contributed by atoms with van der Waals surface area (Å²) in [6.07, 6.45) is 7.42. The highest BCUT2D eigenvalue weighted by Crippen LogP contribution is 2.38. The van der Waals surface area contributed by atoms with Crippen LogP contribution in [0.5, 0.6) is 0 Å². The maximum Gasteiger partial charge on any atom is 0.220 e. The molecule has 0 aromatic carbocycles. The molecule has 0 bridgehead atoms. The van der Waals surface area contributed by atoms with Crippen LogP contribution in [0, 0.1) is 5.41 Å². The van der Waals surface area contributed by atoms with Crippen LogP contribution >= 0.6 is 0 Å². The van der Waals surface area contributed by atoms with E-state index < -0.39 is 0 Å². The van der Waals surface area contributed by atoms with Crippen LogP contribution in [0.2, 0.25) is 0 Å².